The molecule has 0 saturated carbocycles. The van der Waals surface area contributed by atoms with Crippen molar-refractivity contribution in [3.63, 3.8) is 0 Å². The van der Waals surface area contributed by atoms with Crippen LogP contribution in [0.3, 0.4) is 0 Å². The number of aliphatic hydroxyl groups excluding tert-OH is 1. The maximum absolute atomic E-state index is 12.8. The van der Waals surface area contributed by atoms with E-state index >= 15 is 0 Å². The molecule has 146 valence electrons. The Labute approximate surface area is 175 Å². The zero-order chi connectivity index (χ0) is 20.0. The quantitative estimate of drug-likeness (QED) is 0.486. The van der Waals surface area contributed by atoms with Gasteiger partial charge in [0.1, 0.15) is 28.2 Å². The van der Waals surface area contributed by atoms with Gasteiger partial charge in [0.15, 0.2) is 5.43 Å². The van der Waals surface area contributed by atoms with E-state index in [1.165, 1.54) is 12.1 Å². The lowest BCUT2D eigenvalue weighted by molar-refractivity contribution is 0.172. The van der Waals surface area contributed by atoms with Crippen molar-refractivity contribution in [2.75, 3.05) is 20.2 Å². The molecule has 1 aliphatic heterocycles. The van der Waals surface area contributed by atoms with Gasteiger partial charge in [-0.15, -0.1) is 0 Å². The monoisotopic (exact) mass is 493 g/mol. The number of halogens is 1. The van der Waals surface area contributed by atoms with Crippen molar-refractivity contribution < 1.29 is 19.7 Å². The Morgan fingerprint density at radius 2 is 1.96 bits per heavy atom. The average molecular weight is 493 g/mol. The normalized spacial score (nSPS) is 20.1. The van der Waals surface area contributed by atoms with Gasteiger partial charge in [-0.2, -0.15) is 0 Å². The van der Waals surface area contributed by atoms with Crippen LogP contribution < -0.4 is 5.43 Å². The highest BCUT2D eigenvalue weighted by molar-refractivity contribution is 14.1. The number of phenolic OH excluding ortho intramolecular Hbond substituents is 2. The van der Waals surface area contributed by atoms with Gasteiger partial charge in [-0.25, -0.2) is 0 Å². The van der Waals surface area contributed by atoms with E-state index < -0.39 is 0 Å². The maximum atomic E-state index is 12.8. The van der Waals surface area contributed by atoms with E-state index in [4.69, 9.17) is 4.42 Å². The van der Waals surface area contributed by atoms with E-state index in [0.29, 0.717) is 17.7 Å². The number of likely N-dealkylation sites (N-methyl/N-ethyl adjacent to an activating group) is 1. The summed E-state index contributed by atoms with van der Waals surface area (Å²) in [5.41, 5.74) is 1.03. The summed E-state index contributed by atoms with van der Waals surface area (Å²) in [6.07, 6.45) is 0.700. The topological polar surface area (TPSA) is 94.1 Å². The molecule has 3 N–H and O–H groups in total. The lowest BCUT2D eigenvalue weighted by Crippen LogP contribution is -2.32. The molecule has 0 radical (unpaired) electrons. The minimum atomic E-state index is -0.374. The molecule has 3 aromatic rings. The van der Waals surface area contributed by atoms with Gasteiger partial charge >= 0.3 is 0 Å². The molecule has 1 fully saturated rings. The molecule has 2 aromatic carbocycles. The maximum Gasteiger partial charge on any atom is 0.197 e. The molecule has 1 saturated heterocycles. The first-order valence-corrected chi connectivity index (χ1v) is 10.1. The van der Waals surface area contributed by atoms with Crippen LogP contribution in [0.4, 0.5) is 0 Å². The molecule has 0 spiro atoms. The molecule has 1 aliphatic rings. The molecular weight excluding hydrogens is 473 g/mol. The smallest absolute Gasteiger partial charge is 0.197 e. The third-order valence-electron chi connectivity index (χ3n) is 5.52. The molecule has 0 amide bonds. The molecule has 6 nitrogen and oxygen atoms in total. The molecule has 2 unspecified atom stereocenters. The number of nitrogens with zero attached hydrogens (tertiary/aromatic N) is 1. The molecule has 2 atom stereocenters. The SMILES string of the molecule is CN1CCC(c2c(O)cc(O)c3c(=O)cc(-c4ccccc4I)oc23)C1CO. The van der Waals surface area contributed by atoms with Crippen molar-refractivity contribution in [3.8, 4) is 22.8 Å². The molecule has 0 aliphatic carbocycles. The second-order valence-corrected chi connectivity index (χ2v) is 8.28. The van der Waals surface area contributed by atoms with E-state index in [2.05, 4.69) is 22.6 Å². The van der Waals surface area contributed by atoms with Gasteiger partial charge in [-0.3, -0.25) is 4.79 Å². The Morgan fingerprint density at radius 1 is 1.21 bits per heavy atom. The first-order chi connectivity index (χ1) is 13.4. The van der Waals surface area contributed by atoms with E-state index in [0.717, 1.165) is 15.7 Å². The first kappa shape index (κ1) is 19.2. The van der Waals surface area contributed by atoms with Crippen molar-refractivity contribution in [3.05, 3.63) is 55.8 Å². The van der Waals surface area contributed by atoms with Gasteiger partial charge in [-0.05, 0) is 48.7 Å². The number of rotatable bonds is 3. The number of benzene rings is 2. The van der Waals surface area contributed by atoms with Crippen LogP contribution in [0.5, 0.6) is 11.5 Å². The Morgan fingerprint density at radius 3 is 2.68 bits per heavy atom. The average Bonchev–Trinajstić information content (AvgIpc) is 3.01. The fourth-order valence-corrected chi connectivity index (χ4v) is 4.74. The number of fused-ring (bicyclic) bond motifs is 1. The van der Waals surface area contributed by atoms with E-state index in [-0.39, 0.29) is 46.5 Å². The zero-order valence-corrected chi connectivity index (χ0v) is 17.4. The highest BCUT2D eigenvalue weighted by Crippen LogP contribution is 2.44. The summed E-state index contributed by atoms with van der Waals surface area (Å²) in [5, 5.41) is 30.8. The third kappa shape index (κ3) is 3.07. The van der Waals surface area contributed by atoms with Gasteiger partial charge in [0.05, 0.1) is 6.61 Å². The van der Waals surface area contributed by atoms with Crippen LogP contribution >= 0.6 is 22.6 Å². The second-order valence-electron chi connectivity index (χ2n) is 7.11. The number of phenols is 2. The molecular formula is C21H20INO5. The number of aromatic hydroxyl groups is 2. The second kappa shape index (κ2) is 7.38. The van der Waals surface area contributed by atoms with Crippen LogP contribution in [0.1, 0.15) is 17.9 Å². The Balaban J connectivity index is 2.03. The number of likely N-dealkylation sites (tertiary alicyclic amines) is 1. The minimum absolute atomic E-state index is 0.0498. The van der Waals surface area contributed by atoms with Gasteiger partial charge in [-0.1, -0.05) is 18.2 Å². The molecule has 4 rings (SSSR count). The molecule has 1 aromatic heterocycles. The lowest BCUT2D eigenvalue weighted by atomic mass is 9.89. The predicted octanol–water partition coefficient (Wildman–Crippen LogP) is 3.26. The van der Waals surface area contributed by atoms with Crippen molar-refractivity contribution in [1.82, 2.24) is 4.90 Å². The fraction of sp³-hybridized carbons (Fsp3) is 0.286. The summed E-state index contributed by atoms with van der Waals surface area (Å²) < 4.78 is 7.04. The Kier molecular flexibility index (Phi) is 5.07. The van der Waals surface area contributed by atoms with Crippen LogP contribution in [0.25, 0.3) is 22.3 Å². The fourth-order valence-electron chi connectivity index (χ4n) is 4.09. The predicted molar refractivity (Wildman–Crippen MR) is 115 cm³/mol. The summed E-state index contributed by atoms with van der Waals surface area (Å²) in [6.45, 7) is 0.668. The summed E-state index contributed by atoms with van der Waals surface area (Å²) in [5.74, 6) is -0.287. The van der Waals surface area contributed by atoms with Crippen molar-refractivity contribution in [2.45, 2.75) is 18.4 Å². The number of aliphatic hydroxyl groups is 1. The molecule has 2 heterocycles. The summed E-state index contributed by atoms with van der Waals surface area (Å²) in [7, 11) is 1.91. The largest absolute Gasteiger partial charge is 0.507 e. The van der Waals surface area contributed by atoms with Crippen LogP contribution in [0, 0.1) is 3.57 Å². The lowest BCUT2D eigenvalue weighted by Gasteiger charge is -2.24. The van der Waals surface area contributed by atoms with Crippen molar-refractivity contribution in [1.29, 1.82) is 0 Å². The third-order valence-corrected chi connectivity index (χ3v) is 6.46. The summed E-state index contributed by atoms with van der Waals surface area (Å²) in [6, 6.07) is 9.87. The van der Waals surface area contributed by atoms with Crippen LogP contribution in [0.2, 0.25) is 0 Å². The van der Waals surface area contributed by atoms with Gasteiger partial charge in [0.2, 0.25) is 0 Å². The van der Waals surface area contributed by atoms with Crippen LogP contribution in [-0.4, -0.2) is 46.5 Å². The standard InChI is InChI=1S/C21H20INO5/c1-23-7-6-12(14(23)10-24)19-15(25)8-16(26)20-17(27)9-18(28-21(19)20)11-4-2-3-5-13(11)22/h2-5,8-9,12,14,24-26H,6-7,10H2,1H3. The van der Waals surface area contributed by atoms with Crippen molar-refractivity contribution in [2.24, 2.45) is 0 Å². The Bertz CT molecular complexity index is 1110. The van der Waals surface area contributed by atoms with E-state index in [9.17, 15) is 20.1 Å². The Hall–Kier alpha value is -2.10. The molecule has 0 bridgehead atoms. The summed E-state index contributed by atoms with van der Waals surface area (Å²) >= 11 is 2.17. The van der Waals surface area contributed by atoms with Gasteiger partial charge in [0, 0.05) is 38.8 Å². The minimum Gasteiger partial charge on any atom is -0.507 e. The van der Waals surface area contributed by atoms with Crippen LogP contribution in [-0.2, 0) is 0 Å². The van der Waals surface area contributed by atoms with E-state index in [1.807, 2.05) is 36.2 Å². The zero-order valence-electron chi connectivity index (χ0n) is 15.2. The van der Waals surface area contributed by atoms with Crippen molar-refractivity contribution >= 4 is 33.6 Å². The first-order valence-electron chi connectivity index (χ1n) is 9.01. The highest BCUT2D eigenvalue weighted by Gasteiger charge is 2.36. The number of hydrogen-bond donors (Lipinski definition) is 3. The summed E-state index contributed by atoms with van der Waals surface area (Å²) in [4.78, 5) is 14.9. The molecule has 7 heteroatoms. The van der Waals surface area contributed by atoms with Gasteiger partial charge < -0.3 is 24.6 Å². The van der Waals surface area contributed by atoms with E-state index in [1.54, 1.807) is 0 Å². The molecule has 28 heavy (non-hydrogen) atoms. The number of hydrogen-bond acceptors (Lipinski definition) is 6. The van der Waals surface area contributed by atoms with Crippen LogP contribution in [0.15, 0.2) is 45.6 Å². The van der Waals surface area contributed by atoms with Gasteiger partial charge in [0.25, 0.3) is 0 Å². The highest BCUT2D eigenvalue weighted by atomic mass is 127.